The van der Waals surface area contributed by atoms with Crippen LogP contribution in [-0.4, -0.2) is 11.4 Å². The van der Waals surface area contributed by atoms with E-state index in [9.17, 15) is 4.79 Å². The van der Waals surface area contributed by atoms with Gasteiger partial charge in [-0.25, -0.2) is 0 Å². The molecule has 3 aromatic rings. The summed E-state index contributed by atoms with van der Waals surface area (Å²) in [6.07, 6.45) is 2.74. The van der Waals surface area contributed by atoms with Gasteiger partial charge in [-0.1, -0.05) is 83.8 Å². The molecule has 1 amide bonds. The van der Waals surface area contributed by atoms with Crippen LogP contribution in [0.4, 0.5) is 5.69 Å². The van der Waals surface area contributed by atoms with Crippen LogP contribution in [-0.2, 0) is 17.8 Å². The van der Waals surface area contributed by atoms with Crippen LogP contribution >= 0.6 is 46.6 Å². The zero-order chi connectivity index (χ0) is 23.4. The third kappa shape index (κ3) is 5.98. The number of benzene rings is 3. The molecule has 1 atom stereocenters. The van der Waals surface area contributed by atoms with Crippen LogP contribution in [0.3, 0.4) is 0 Å². The van der Waals surface area contributed by atoms with Crippen molar-refractivity contribution >= 4 is 64.2 Å². The van der Waals surface area contributed by atoms with Gasteiger partial charge in [-0.3, -0.25) is 4.79 Å². The molecule has 0 aromatic heterocycles. The SMILES string of the molecule is CCc1ccc(N[C@@H]2NC(=O)/C(=C/c3cc(Cl)c(OCc4ccccc4Cl)c(Cl)c3)S2)cc1. The molecule has 1 aliphatic rings. The summed E-state index contributed by atoms with van der Waals surface area (Å²) in [5, 5.41) is 7.57. The number of amides is 1. The highest BCUT2D eigenvalue weighted by molar-refractivity contribution is 8.05. The Labute approximate surface area is 212 Å². The van der Waals surface area contributed by atoms with Gasteiger partial charge >= 0.3 is 0 Å². The summed E-state index contributed by atoms with van der Waals surface area (Å²) in [7, 11) is 0. The number of halogens is 3. The van der Waals surface area contributed by atoms with Gasteiger partial charge in [0.2, 0.25) is 0 Å². The van der Waals surface area contributed by atoms with Crippen molar-refractivity contribution in [3.63, 3.8) is 0 Å². The van der Waals surface area contributed by atoms with E-state index in [0.717, 1.165) is 17.7 Å². The summed E-state index contributed by atoms with van der Waals surface area (Å²) in [6.45, 7) is 2.35. The second-order valence-corrected chi connectivity index (χ2v) is 9.74. The van der Waals surface area contributed by atoms with Gasteiger partial charge in [-0.2, -0.15) is 0 Å². The predicted molar refractivity (Wildman–Crippen MR) is 139 cm³/mol. The molecule has 4 rings (SSSR count). The van der Waals surface area contributed by atoms with Crippen LogP contribution in [0.15, 0.2) is 65.6 Å². The van der Waals surface area contributed by atoms with Crippen molar-refractivity contribution in [2.24, 2.45) is 0 Å². The number of rotatable bonds is 7. The smallest absolute Gasteiger partial charge is 0.260 e. The van der Waals surface area contributed by atoms with E-state index in [1.165, 1.54) is 17.3 Å². The lowest BCUT2D eigenvalue weighted by Gasteiger charge is -2.13. The number of aryl methyl sites for hydroxylation is 1. The van der Waals surface area contributed by atoms with E-state index in [1.54, 1.807) is 24.3 Å². The topological polar surface area (TPSA) is 50.4 Å². The van der Waals surface area contributed by atoms with Crippen LogP contribution < -0.4 is 15.4 Å². The lowest BCUT2D eigenvalue weighted by molar-refractivity contribution is -0.116. The molecule has 1 saturated heterocycles. The molecule has 2 N–H and O–H groups in total. The summed E-state index contributed by atoms with van der Waals surface area (Å²) >= 11 is 20.4. The number of carbonyl (C=O) groups excluding carboxylic acids is 1. The van der Waals surface area contributed by atoms with Crippen LogP contribution in [0, 0.1) is 0 Å². The van der Waals surface area contributed by atoms with Gasteiger partial charge in [-0.05, 0) is 54.0 Å². The monoisotopic (exact) mass is 518 g/mol. The van der Waals surface area contributed by atoms with Gasteiger partial charge in [0.1, 0.15) is 6.61 Å². The van der Waals surface area contributed by atoms with Gasteiger partial charge in [0.25, 0.3) is 5.91 Å². The number of carbonyl (C=O) groups is 1. The van der Waals surface area contributed by atoms with Crippen molar-refractivity contribution in [1.82, 2.24) is 5.32 Å². The molecule has 33 heavy (non-hydrogen) atoms. The van der Waals surface area contributed by atoms with Crippen LogP contribution in [0.25, 0.3) is 6.08 Å². The first-order valence-corrected chi connectivity index (χ1v) is 12.3. The van der Waals surface area contributed by atoms with E-state index in [1.807, 2.05) is 30.3 Å². The molecule has 0 saturated carbocycles. The number of anilines is 1. The molecule has 3 aromatic carbocycles. The highest BCUT2D eigenvalue weighted by atomic mass is 35.5. The Morgan fingerprint density at radius 2 is 1.73 bits per heavy atom. The third-order valence-corrected chi connectivity index (χ3v) is 7.00. The number of ether oxygens (including phenoxy) is 1. The van der Waals surface area contributed by atoms with E-state index in [-0.39, 0.29) is 18.0 Å². The average Bonchev–Trinajstić information content (AvgIpc) is 3.13. The van der Waals surface area contributed by atoms with Gasteiger partial charge in [0.05, 0.1) is 15.0 Å². The van der Waals surface area contributed by atoms with Crippen LogP contribution in [0.2, 0.25) is 15.1 Å². The van der Waals surface area contributed by atoms with Gasteiger partial charge < -0.3 is 15.4 Å². The molecular formula is C25H21Cl3N2O2S. The van der Waals surface area contributed by atoms with Gasteiger partial charge in [0, 0.05) is 16.3 Å². The highest BCUT2D eigenvalue weighted by Crippen LogP contribution is 2.37. The third-order valence-electron chi connectivity index (χ3n) is 5.04. The van der Waals surface area contributed by atoms with Crippen molar-refractivity contribution in [1.29, 1.82) is 0 Å². The fraction of sp³-hybridized carbons (Fsp3) is 0.160. The molecule has 1 aliphatic heterocycles. The number of hydrogen-bond acceptors (Lipinski definition) is 4. The first kappa shape index (κ1) is 23.8. The minimum atomic E-state index is -0.264. The van der Waals surface area contributed by atoms with Crippen LogP contribution in [0.5, 0.6) is 5.75 Å². The van der Waals surface area contributed by atoms with E-state index < -0.39 is 0 Å². The van der Waals surface area contributed by atoms with Crippen LogP contribution in [0.1, 0.15) is 23.6 Å². The summed E-state index contributed by atoms with van der Waals surface area (Å²) in [5.74, 6) is 0.216. The summed E-state index contributed by atoms with van der Waals surface area (Å²) in [4.78, 5) is 13.0. The largest absolute Gasteiger partial charge is 0.486 e. The number of nitrogens with one attached hydrogen (secondary N) is 2. The van der Waals surface area contributed by atoms with Crippen molar-refractivity contribution < 1.29 is 9.53 Å². The lowest BCUT2D eigenvalue weighted by Crippen LogP contribution is -2.30. The minimum Gasteiger partial charge on any atom is -0.486 e. The quantitative estimate of drug-likeness (QED) is 0.320. The predicted octanol–water partition coefficient (Wildman–Crippen LogP) is 7.39. The standard InChI is InChI=1S/C25H21Cl3N2O2S/c1-2-15-7-9-18(10-8-15)29-25-30-24(31)22(33-25)13-16-11-20(27)23(21(28)12-16)32-14-17-5-3-4-6-19(17)26/h3-13,25,29H,2,14H2,1H3,(H,30,31)/b22-13-/t25-/m1/s1. The Morgan fingerprint density at radius 1 is 1.03 bits per heavy atom. The van der Waals surface area contributed by atoms with Crippen molar-refractivity contribution in [2.45, 2.75) is 25.4 Å². The van der Waals surface area contributed by atoms with E-state index in [2.05, 4.69) is 29.7 Å². The zero-order valence-corrected chi connectivity index (χ0v) is 20.8. The Bertz CT molecular complexity index is 1180. The Hall–Kier alpha value is -2.31. The minimum absolute atomic E-state index is 0.158. The van der Waals surface area contributed by atoms with Crippen molar-refractivity contribution in [3.8, 4) is 5.75 Å². The Kier molecular flexibility index (Phi) is 7.76. The molecule has 0 aliphatic carbocycles. The maximum absolute atomic E-state index is 12.5. The highest BCUT2D eigenvalue weighted by Gasteiger charge is 2.27. The fourth-order valence-corrected chi connectivity index (χ4v) is 5.06. The van der Waals surface area contributed by atoms with E-state index in [4.69, 9.17) is 39.5 Å². The molecule has 0 spiro atoms. The second-order valence-electron chi connectivity index (χ2n) is 7.37. The fourth-order valence-electron chi connectivity index (χ4n) is 3.27. The van der Waals surface area contributed by atoms with Gasteiger partial charge in [-0.15, -0.1) is 0 Å². The first-order chi connectivity index (χ1) is 15.9. The zero-order valence-electron chi connectivity index (χ0n) is 17.7. The average molecular weight is 520 g/mol. The maximum Gasteiger partial charge on any atom is 0.260 e. The first-order valence-electron chi connectivity index (χ1n) is 10.3. The Morgan fingerprint density at radius 3 is 2.39 bits per heavy atom. The maximum atomic E-state index is 12.5. The summed E-state index contributed by atoms with van der Waals surface area (Å²) < 4.78 is 5.82. The number of thioether (sulfide) groups is 1. The number of hydrogen-bond donors (Lipinski definition) is 2. The molecule has 1 heterocycles. The van der Waals surface area contributed by atoms with E-state index in [0.29, 0.717) is 31.3 Å². The van der Waals surface area contributed by atoms with Gasteiger partial charge in [0.15, 0.2) is 11.2 Å². The lowest BCUT2D eigenvalue weighted by atomic mass is 10.1. The summed E-state index contributed by atoms with van der Waals surface area (Å²) in [6, 6.07) is 19.0. The molecule has 0 bridgehead atoms. The molecule has 0 unspecified atom stereocenters. The molecule has 8 heteroatoms. The molecular weight excluding hydrogens is 499 g/mol. The summed E-state index contributed by atoms with van der Waals surface area (Å²) in [5.41, 5.74) is 3.48. The molecule has 1 fully saturated rings. The van der Waals surface area contributed by atoms with E-state index >= 15 is 0 Å². The van der Waals surface area contributed by atoms with Crippen molar-refractivity contribution in [2.75, 3.05) is 5.32 Å². The second kappa shape index (κ2) is 10.7. The van der Waals surface area contributed by atoms with Crippen molar-refractivity contribution in [3.05, 3.63) is 97.3 Å². The normalized spacial score (nSPS) is 16.7. The molecule has 4 nitrogen and oxygen atoms in total. The Balaban J connectivity index is 1.44. The molecule has 0 radical (unpaired) electrons. The molecule has 170 valence electrons.